The van der Waals surface area contributed by atoms with Crippen LogP contribution in [0, 0.1) is 0 Å². The van der Waals surface area contributed by atoms with Gasteiger partial charge in [0.2, 0.25) is 0 Å². The Kier molecular flexibility index (Phi) is 2.98. The summed E-state index contributed by atoms with van der Waals surface area (Å²) in [6.07, 6.45) is 3.67. The molecule has 3 heteroatoms. The van der Waals surface area contributed by atoms with Crippen molar-refractivity contribution in [2.24, 2.45) is 0 Å². The van der Waals surface area contributed by atoms with Gasteiger partial charge >= 0.3 is 0 Å². The molecular formula is C9H18N2O. The van der Waals surface area contributed by atoms with Crippen LogP contribution in [0.15, 0.2) is 0 Å². The standard InChI is InChI=1S/C9H18N2O/c1-4-10-7-9(1)11-8-2-5-12-6-3-8/h8-11H,1-7H2/t9-/m0/s1. The zero-order valence-corrected chi connectivity index (χ0v) is 7.51. The van der Waals surface area contributed by atoms with Crippen LogP contribution in [-0.4, -0.2) is 38.4 Å². The van der Waals surface area contributed by atoms with Gasteiger partial charge in [-0.25, -0.2) is 0 Å². The lowest BCUT2D eigenvalue weighted by Gasteiger charge is -2.26. The van der Waals surface area contributed by atoms with Gasteiger partial charge in [0.25, 0.3) is 0 Å². The predicted molar refractivity (Wildman–Crippen MR) is 48.3 cm³/mol. The molecule has 70 valence electrons. The number of ether oxygens (including phenoxy) is 1. The first-order valence-electron chi connectivity index (χ1n) is 4.99. The first-order valence-corrected chi connectivity index (χ1v) is 4.99. The summed E-state index contributed by atoms with van der Waals surface area (Å²) in [5.74, 6) is 0. The fourth-order valence-corrected chi connectivity index (χ4v) is 1.99. The van der Waals surface area contributed by atoms with E-state index in [2.05, 4.69) is 10.6 Å². The van der Waals surface area contributed by atoms with Crippen molar-refractivity contribution in [1.82, 2.24) is 10.6 Å². The Morgan fingerprint density at radius 3 is 2.58 bits per heavy atom. The second kappa shape index (κ2) is 4.21. The van der Waals surface area contributed by atoms with E-state index >= 15 is 0 Å². The molecule has 0 unspecified atom stereocenters. The Morgan fingerprint density at radius 2 is 1.92 bits per heavy atom. The van der Waals surface area contributed by atoms with Gasteiger partial charge in [-0.15, -0.1) is 0 Å². The number of nitrogens with one attached hydrogen (secondary N) is 2. The van der Waals surface area contributed by atoms with Crippen molar-refractivity contribution in [3.63, 3.8) is 0 Å². The van der Waals surface area contributed by atoms with Crippen molar-refractivity contribution in [3.8, 4) is 0 Å². The zero-order chi connectivity index (χ0) is 8.23. The smallest absolute Gasteiger partial charge is 0.0480 e. The first-order chi connectivity index (χ1) is 5.95. The van der Waals surface area contributed by atoms with Crippen LogP contribution < -0.4 is 10.6 Å². The largest absolute Gasteiger partial charge is 0.381 e. The third-order valence-corrected chi connectivity index (χ3v) is 2.75. The highest BCUT2D eigenvalue weighted by molar-refractivity contribution is 4.82. The average molecular weight is 170 g/mol. The minimum Gasteiger partial charge on any atom is -0.381 e. The molecule has 2 saturated heterocycles. The van der Waals surface area contributed by atoms with Crippen molar-refractivity contribution in [1.29, 1.82) is 0 Å². The van der Waals surface area contributed by atoms with Gasteiger partial charge in [0.05, 0.1) is 0 Å². The summed E-state index contributed by atoms with van der Waals surface area (Å²) < 4.78 is 5.31. The molecule has 1 atom stereocenters. The average Bonchev–Trinajstić information content (AvgIpc) is 2.59. The Morgan fingerprint density at radius 1 is 1.08 bits per heavy atom. The van der Waals surface area contributed by atoms with E-state index < -0.39 is 0 Å². The minimum atomic E-state index is 0.712. The SMILES string of the molecule is C1C[C@H](NC2CCOCC2)CN1. The van der Waals surface area contributed by atoms with Gasteiger partial charge in [0.15, 0.2) is 0 Å². The summed E-state index contributed by atoms with van der Waals surface area (Å²) in [5.41, 5.74) is 0. The second-order valence-electron chi connectivity index (χ2n) is 3.74. The van der Waals surface area contributed by atoms with E-state index in [-0.39, 0.29) is 0 Å². The van der Waals surface area contributed by atoms with Gasteiger partial charge in [0, 0.05) is 31.8 Å². The minimum absolute atomic E-state index is 0.712. The van der Waals surface area contributed by atoms with E-state index in [1.807, 2.05) is 0 Å². The summed E-state index contributed by atoms with van der Waals surface area (Å²) in [4.78, 5) is 0. The first kappa shape index (κ1) is 8.48. The highest BCUT2D eigenvalue weighted by Gasteiger charge is 2.20. The van der Waals surface area contributed by atoms with E-state index in [0.717, 1.165) is 19.8 Å². The van der Waals surface area contributed by atoms with Gasteiger partial charge in [-0.3, -0.25) is 0 Å². The molecule has 0 aromatic heterocycles. The van der Waals surface area contributed by atoms with Crippen molar-refractivity contribution in [3.05, 3.63) is 0 Å². The Balaban J connectivity index is 1.69. The summed E-state index contributed by atoms with van der Waals surface area (Å²) in [6.45, 7) is 4.22. The monoisotopic (exact) mass is 170 g/mol. The van der Waals surface area contributed by atoms with Gasteiger partial charge in [-0.1, -0.05) is 0 Å². The van der Waals surface area contributed by atoms with Crippen LogP contribution >= 0.6 is 0 Å². The predicted octanol–water partition coefficient (Wildman–Crippen LogP) is 0.117. The molecule has 0 aromatic carbocycles. The topological polar surface area (TPSA) is 33.3 Å². The summed E-state index contributed by atoms with van der Waals surface area (Å²) in [7, 11) is 0. The summed E-state index contributed by atoms with van der Waals surface area (Å²) in [5, 5.41) is 7.04. The molecule has 12 heavy (non-hydrogen) atoms. The van der Waals surface area contributed by atoms with Crippen LogP contribution in [0.2, 0.25) is 0 Å². The third kappa shape index (κ3) is 2.19. The molecule has 2 aliphatic heterocycles. The van der Waals surface area contributed by atoms with Crippen LogP contribution in [0.25, 0.3) is 0 Å². The lowest BCUT2D eigenvalue weighted by molar-refractivity contribution is 0.0755. The van der Waals surface area contributed by atoms with Crippen molar-refractivity contribution in [2.75, 3.05) is 26.3 Å². The molecular weight excluding hydrogens is 152 g/mol. The van der Waals surface area contributed by atoms with Crippen LogP contribution in [0.3, 0.4) is 0 Å². The van der Waals surface area contributed by atoms with Crippen LogP contribution in [0.4, 0.5) is 0 Å². The lowest BCUT2D eigenvalue weighted by Crippen LogP contribution is -2.42. The third-order valence-electron chi connectivity index (χ3n) is 2.75. The molecule has 2 aliphatic rings. The fraction of sp³-hybridized carbons (Fsp3) is 1.00. The van der Waals surface area contributed by atoms with Gasteiger partial charge in [-0.2, -0.15) is 0 Å². The Bertz CT molecular complexity index is 128. The molecule has 0 aromatic rings. The summed E-state index contributed by atoms with van der Waals surface area (Å²) >= 11 is 0. The van der Waals surface area contributed by atoms with E-state index in [1.165, 1.54) is 25.8 Å². The molecule has 0 spiro atoms. The van der Waals surface area contributed by atoms with Crippen molar-refractivity contribution in [2.45, 2.75) is 31.3 Å². The maximum Gasteiger partial charge on any atom is 0.0480 e. The van der Waals surface area contributed by atoms with E-state index in [9.17, 15) is 0 Å². The highest BCUT2D eigenvalue weighted by atomic mass is 16.5. The van der Waals surface area contributed by atoms with Crippen molar-refractivity contribution >= 4 is 0 Å². The molecule has 0 saturated carbocycles. The maximum absolute atomic E-state index is 5.31. The van der Waals surface area contributed by atoms with Gasteiger partial charge in [-0.05, 0) is 25.8 Å². The number of rotatable bonds is 2. The summed E-state index contributed by atoms with van der Waals surface area (Å²) in [6, 6.07) is 1.43. The van der Waals surface area contributed by atoms with Crippen LogP contribution in [0.5, 0.6) is 0 Å². The van der Waals surface area contributed by atoms with Gasteiger partial charge in [0.1, 0.15) is 0 Å². The normalized spacial score (nSPS) is 32.5. The molecule has 3 nitrogen and oxygen atoms in total. The molecule has 0 bridgehead atoms. The molecule has 2 N–H and O–H groups in total. The van der Waals surface area contributed by atoms with E-state index in [4.69, 9.17) is 4.74 Å². The molecule has 0 amide bonds. The van der Waals surface area contributed by atoms with E-state index in [1.54, 1.807) is 0 Å². The van der Waals surface area contributed by atoms with Crippen LogP contribution in [-0.2, 0) is 4.74 Å². The van der Waals surface area contributed by atoms with Crippen LogP contribution in [0.1, 0.15) is 19.3 Å². The Hall–Kier alpha value is -0.120. The molecule has 0 radical (unpaired) electrons. The second-order valence-corrected chi connectivity index (χ2v) is 3.74. The fourth-order valence-electron chi connectivity index (χ4n) is 1.99. The quantitative estimate of drug-likeness (QED) is 0.617. The molecule has 2 fully saturated rings. The van der Waals surface area contributed by atoms with Crippen molar-refractivity contribution < 1.29 is 4.74 Å². The lowest BCUT2D eigenvalue weighted by atomic mass is 10.1. The highest BCUT2D eigenvalue weighted by Crippen LogP contribution is 2.09. The number of hydrogen-bond donors (Lipinski definition) is 2. The van der Waals surface area contributed by atoms with Gasteiger partial charge < -0.3 is 15.4 Å². The maximum atomic E-state index is 5.31. The zero-order valence-electron chi connectivity index (χ0n) is 7.51. The molecule has 2 rings (SSSR count). The number of hydrogen-bond acceptors (Lipinski definition) is 3. The molecule has 2 heterocycles. The van der Waals surface area contributed by atoms with E-state index in [0.29, 0.717) is 12.1 Å². The molecule has 0 aliphatic carbocycles. The Labute approximate surface area is 73.9 Å².